The molecule has 0 radical (unpaired) electrons. The van der Waals surface area contributed by atoms with Crippen molar-refractivity contribution in [2.75, 3.05) is 7.05 Å². The number of aromatic nitrogens is 4. The number of hydrogen-bond donors (Lipinski definition) is 3. The van der Waals surface area contributed by atoms with Gasteiger partial charge in [-0.25, -0.2) is 4.98 Å². The van der Waals surface area contributed by atoms with Crippen molar-refractivity contribution < 1.29 is 9.59 Å². The first-order valence-corrected chi connectivity index (χ1v) is 11.3. The number of carbonyl (C=O) groups is 2. The van der Waals surface area contributed by atoms with E-state index < -0.39 is 5.91 Å². The zero-order valence-corrected chi connectivity index (χ0v) is 18.4. The molecular formula is C24H30N6O2. The van der Waals surface area contributed by atoms with E-state index in [2.05, 4.69) is 26.3 Å². The van der Waals surface area contributed by atoms with E-state index in [1.165, 1.54) is 19.3 Å². The highest BCUT2D eigenvalue weighted by Gasteiger charge is 2.25. The molecule has 0 atom stereocenters. The van der Waals surface area contributed by atoms with Crippen LogP contribution < -0.4 is 11.1 Å². The number of primary amides is 1. The molecule has 1 saturated carbocycles. The summed E-state index contributed by atoms with van der Waals surface area (Å²) >= 11 is 0. The first kappa shape index (κ1) is 21.8. The number of rotatable bonds is 8. The third-order valence-corrected chi connectivity index (χ3v) is 6.23. The van der Waals surface area contributed by atoms with Crippen molar-refractivity contribution in [2.45, 2.75) is 57.4 Å². The Bertz CT molecular complexity index is 1080. The smallest absolute Gasteiger partial charge is 0.249 e. The van der Waals surface area contributed by atoms with Crippen LogP contribution in [0.15, 0.2) is 36.8 Å². The van der Waals surface area contributed by atoms with Crippen LogP contribution in [0.1, 0.15) is 67.0 Å². The number of nitrogens with one attached hydrogen (secondary N) is 2. The van der Waals surface area contributed by atoms with Gasteiger partial charge in [-0.1, -0.05) is 31.4 Å². The first-order chi connectivity index (χ1) is 15.6. The summed E-state index contributed by atoms with van der Waals surface area (Å²) in [7, 11) is 1.65. The number of aromatic amines is 1. The standard InChI is InChI=1S/C24H30N6O2/c1-26-21(31)12-5-7-17-15-30(18-8-3-2-4-9-18)24(29-17)22-19(16-13-27-28-14-16)10-6-11-20(22)23(25)32/h6,10-11,13-15,18H,2-5,7-9,12H2,1H3,(H2,25,32)(H,26,31)(H,27,28). The minimum atomic E-state index is -0.482. The van der Waals surface area contributed by atoms with Crippen molar-refractivity contribution in [3.05, 3.63) is 48.0 Å². The second kappa shape index (κ2) is 9.80. The molecule has 4 rings (SSSR count). The molecule has 8 nitrogen and oxygen atoms in total. The van der Waals surface area contributed by atoms with Gasteiger partial charge >= 0.3 is 0 Å². The Balaban J connectivity index is 1.81. The van der Waals surface area contributed by atoms with Gasteiger partial charge < -0.3 is 15.6 Å². The third-order valence-electron chi connectivity index (χ3n) is 6.23. The van der Waals surface area contributed by atoms with E-state index in [0.29, 0.717) is 30.9 Å². The first-order valence-electron chi connectivity index (χ1n) is 11.3. The number of carbonyl (C=O) groups excluding carboxylic acids is 2. The fraction of sp³-hybridized carbons (Fsp3) is 0.417. The summed E-state index contributed by atoms with van der Waals surface area (Å²) in [6.07, 6.45) is 13.3. The van der Waals surface area contributed by atoms with Gasteiger partial charge in [0.2, 0.25) is 11.8 Å². The Morgan fingerprint density at radius 1 is 1.25 bits per heavy atom. The number of hydrogen-bond acceptors (Lipinski definition) is 4. The summed E-state index contributed by atoms with van der Waals surface area (Å²) in [4.78, 5) is 29.0. The topological polar surface area (TPSA) is 119 Å². The summed E-state index contributed by atoms with van der Waals surface area (Å²) in [5.41, 5.74) is 9.65. The molecule has 168 valence electrons. The monoisotopic (exact) mass is 434 g/mol. The van der Waals surface area contributed by atoms with Crippen LogP contribution in [0, 0.1) is 0 Å². The molecule has 2 amide bonds. The molecule has 0 spiro atoms. The second-order valence-electron chi connectivity index (χ2n) is 8.36. The minimum absolute atomic E-state index is 0.0262. The number of nitrogens with two attached hydrogens (primary N) is 1. The van der Waals surface area contributed by atoms with Gasteiger partial charge in [0.1, 0.15) is 5.82 Å². The SMILES string of the molecule is CNC(=O)CCCc1cn(C2CCCCC2)c(-c2c(C(N)=O)cccc2-c2cn[nH]c2)n1. The number of H-pyrrole nitrogens is 1. The molecule has 3 aromatic rings. The molecule has 2 aromatic heterocycles. The summed E-state index contributed by atoms with van der Waals surface area (Å²) < 4.78 is 2.24. The second-order valence-corrected chi connectivity index (χ2v) is 8.36. The van der Waals surface area contributed by atoms with Gasteiger partial charge in [0.15, 0.2) is 0 Å². The third kappa shape index (κ3) is 4.59. The lowest BCUT2D eigenvalue weighted by Gasteiger charge is -2.25. The maximum Gasteiger partial charge on any atom is 0.249 e. The Hall–Kier alpha value is -3.42. The van der Waals surface area contributed by atoms with Crippen molar-refractivity contribution in [1.29, 1.82) is 0 Å². The van der Waals surface area contributed by atoms with E-state index in [4.69, 9.17) is 10.7 Å². The normalized spacial score (nSPS) is 14.4. The van der Waals surface area contributed by atoms with Crippen LogP contribution in [0.3, 0.4) is 0 Å². The van der Waals surface area contributed by atoms with Crippen molar-refractivity contribution >= 4 is 11.8 Å². The fourth-order valence-electron chi connectivity index (χ4n) is 4.58. The molecule has 8 heteroatoms. The Morgan fingerprint density at radius 2 is 2.06 bits per heavy atom. The van der Waals surface area contributed by atoms with Crippen LogP contribution in [-0.2, 0) is 11.2 Å². The molecular weight excluding hydrogens is 404 g/mol. The van der Waals surface area contributed by atoms with Crippen LogP contribution in [0.2, 0.25) is 0 Å². The number of benzene rings is 1. The summed E-state index contributed by atoms with van der Waals surface area (Å²) in [6.45, 7) is 0. The molecule has 32 heavy (non-hydrogen) atoms. The van der Waals surface area contributed by atoms with Crippen molar-refractivity contribution in [3.63, 3.8) is 0 Å². The number of nitrogens with zero attached hydrogens (tertiary/aromatic N) is 3. The predicted octanol–water partition coefficient (Wildman–Crippen LogP) is 3.61. The Morgan fingerprint density at radius 3 is 2.75 bits per heavy atom. The van der Waals surface area contributed by atoms with E-state index in [1.807, 2.05) is 18.3 Å². The molecule has 0 bridgehead atoms. The molecule has 1 aromatic carbocycles. The van der Waals surface area contributed by atoms with Gasteiger partial charge in [-0.3, -0.25) is 14.7 Å². The van der Waals surface area contributed by atoms with Gasteiger partial charge in [0, 0.05) is 43.0 Å². The van der Waals surface area contributed by atoms with Gasteiger partial charge in [-0.2, -0.15) is 5.10 Å². The van der Waals surface area contributed by atoms with Gasteiger partial charge in [-0.15, -0.1) is 0 Å². The molecule has 0 aliphatic heterocycles. The van der Waals surface area contributed by atoms with E-state index >= 15 is 0 Å². The van der Waals surface area contributed by atoms with E-state index in [9.17, 15) is 9.59 Å². The lowest BCUT2D eigenvalue weighted by atomic mass is 9.93. The molecule has 1 fully saturated rings. The molecule has 1 aliphatic rings. The molecule has 0 saturated heterocycles. The quantitative estimate of drug-likeness (QED) is 0.502. The zero-order chi connectivity index (χ0) is 22.5. The highest BCUT2D eigenvalue weighted by Crippen LogP contribution is 2.38. The highest BCUT2D eigenvalue weighted by atomic mass is 16.1. The molecule has 4 N–H and O–H groups in total. The van der Waals surface area contributed by atoms with Crippen molar-refractivity contribution in [1.82, 2.24) is 25.1 Å². The van der Waals surface area contributed by atoms with Crippen molar-refractivity contribution in [2.24, 2.45) is 5.73 Å². The van der Waals surface area contributed by atoms with Gasteiger partial charge in [-0.05, 0) is 37.3 Å². The van der Waals surface area contributed by atoms with Crippen LogP contribution in [0.4, 0.5) is 0 Å². The van der Waals surface area contributed by atoms with Crippen LogP contribution >= 0.6 is 0 Å². The molecule has 2 heterocycles. The minimum Gasteiger partial charge on any atom is -0.366 e. The zero-order valence-electron chi connectivity index (χ0n) is 18.4. The largest absolute Gasteiger partial charge is 0.366 e. The number of imidazole rings is 1. The summed E-state index contributed by atoms with van der Waals surface area (Å²) in [6, 6.07) is 5.89. The lowest BCUT2D eigenvalue weighted by molar-refractivity contribution is -0.120. The van der Waals surface area contributed by atoms with E-state index in [-0.39, 0.29) is 5.91 Å². The Kier molecular flexibility index (Phi) is 6.68. The highest BCUT2D eigenvalue weighted by molar-refractivity contribution is 6.03. The molecule has 0 unspecified atom stereocenters. The van der Waals surface area contributed by atoms with Crippen LogP contribution in [-0.4, -0.2) is 38.6 Å². The van der Waals surface area contributed by atoms with Crippen LogP contribution in [0.25, 0.3) is 22.5 Å². The predicted molar refractivity (Wildman–Crippen MR) is 123 cm³/mol. The fourth-order valence-corrected chi connectivity index (χ4v) is 4.58. The maximum absolute atomic E-state index is 12.4. The lowest BCUT2D eigenvalue weighted by Crippen LogP contribution is -2.17. The number of aryl methyl sites for hydroxylation is 1. The maximum atomic E-state index is 12.4. The van der Waals surface area contributed by atoms with Gasteiger partial charge in [0.25, 0.3) is 0 Å². The average Bonchev–Trinajstić information content (AvgIpc) is 3.49. The summed E-state index contributed by atoms with van der Waals surface area (Å²) in [5, 5.41) is 9.60. The van der Waals surface area contributed by atoms with Crippen LogP contribution in [0.5, 0.6) is 0 Å². The van der Waals surface area contributed by atoms with Gasteiger partial charge in [0.05, 0.1) is 17.5 Å². The number of amides is 2. The van der Waals surface area contributed by atoms with Crippen molar-refractivity contribution in [3.8, 4) is 22.5 Å². The summed E-state index contributed by atoms with van der Waals surface area (Å²) in [5.74, 6) is 0.306. The van der Waals surface area contributed by atoms with E-state index in [0.717, 1.165) is 41.1 Å². The Labute approximate surface area is 187 Å². The molecule has 1 aliphatic carbocycles. The van der Waals surface area contributed by atoms with E-state index in [1.54, 1.807) is 19.3 Å². The average molecular weight is 435 g/mol.